The van der Waals surface area contributed by atoms with Gasteiger partial charge in [-0.15, -0.1) is 23.2 Å². The van der Waals surface area contributed by atoms with Crippen LogP contribution in [0.4, 0.5) is 5.82 Å². The molecule has 1 aromatic rings. The van der Waals surface area contributed by atoms with Gasteiger partial charge in [-0.25, -0.2) is 14.6 Å². The second-order valence-electron chi connectivity index (χ2n) is 6.72. The van der Waals surface area contributed by atoms with Crippen LogP contribution < -0.4 is 16.5 Å². The number of aliphatic hydroxyl groups is 3. The van der Waals surface area contributed by atoms with Gasteiger partial charge in [0.05, 0.1) is 13.2 Å². The number of anilines is 1. The lowest BCUT2D eigenvalue weighted by atomic mass is 10.1. The van der Waals surface area contributed by atoms with Crippen molar-refractivity contribution in [1.82, 2.24) is 19.3 Å². The molecule has 5 atom stereocenters. The molecule has 31 heavy (non-hydrogen) atoms. The van der Waals surface area contributed by atoms with Crippen molar-refractivity contribution in [2.75, 3.05) is 50.3 Å². The van der Waals surface area contributed by atoms with Crippen LogP contribution in [0.25, 0.3) is 0 Å². The van der Waals surface area contributed by atoms with Crippen molar-refractivity contribution in [1.29, 1.82) is 0 Å². The van der Waals surface area contributed by atoms with Crippen LogP contribution in [0.1, 0.15) is 12.6 Å². The average Bonchev–Trinajstić information content (AvgIpc) is 3.03. The third kappa shape index (κ3) is 6.84. The summed E-state index contributed by atoms with van der Waals surface area (Å²) in [6.45, 7) is 1.85. The van der Waals surface area contributed by atoms with Crippen LogP contribution in [0.2, 0.25) is 0 Å². The molecule has 12 nitrogen and oxygen atoms in total. The summed E-state index contributed by atoms with van der Waals surface area (Å²) in [7, 11) is -2.84. The SMILES string of the molecule is Nc1ccn([C@@H]2O[C@H](CO)[C@@H](O)[C@@H]2O)c(=O)n1.O=P1(N(CCCl)CCCl)NCCCO1. The standard InChI is InChI=1S/C9H13N3O5.C7H15Cl2N2O2P/c10-5-1-2-12(9(16)11-5)8-7(15)6(14)4(3-13)17-8;8-2-5-11(6-3-9)14(12)10-4-1-7-13-14/h1-2,4,6-8,13-15H,3H2,(H2,10,11,16);1-7H2,(H,10,12)/t4-,6-,7+,8-;/m1./s1. The van der Waals surface area contributed by atoms with Gasteiger partial charge in [0.1, 0.15) is 24.1 Å². The molecule has 15 heteroatoms. The lowest BCUT2D eigenvalue weighted by molar-refractivity contribution is -0.0549. The molecule has 3 rings (SSSR count). The summed E-state index contributed by atoms with van der Waals surface area (Å²) in [5.74, 6) is 0.899. The third-order valence-electron chi connectivity index (χ3n) is 4.60. The summed E-state index contributed by atoms with van der Waals surface area (Å²) >= 11 is 11.2. The van der Waals surface area contributed by atoms with Gasteiger partial charge >= 0.3 is 13.4 Å². The fourth-order valence-corrected chi connectivity index (χ4v) is 5.65. The predicted molar refractivity (Wildman–Crippen MR) is 115 cm³/mol. The Hall–Kier alpha value is -0.790. The Balaban J connectivity index is 0.000000225. The van der Waals surface area contributed by atoms with Gasteiger partial charge in [0, 0.05) is 37.6 Å². The first-order chi connectivity index (χ1) is 14.8. The molecule has 3 heterocycles. The van der Waals surface area contributed by atoms with Crippen LogP contribution >= 0.6 is 30.9 Å². The number of ether oxygens (including phenoxy) is 1. The van der Waals surface area contributed by atoms with E-state index < -0.39 is 44.5 Å². The first-order valence-electron chi connectivity index (χ1n) is 9.61. The lowest BCUT2D eigenvalue weighted by Crippen LogP contribution is -2.36. The van der Waals surface area contributed by atoms with E-state index in [-0.39, 0.29) is 5.82 Å². The summed E-state index contributed by atoms with van der Waals surface area (Å²) in [6.07, 6.45) is -2.38. The number of rotatable bonds is 7. The van der Waals surface area contributed by atoms with Crippen LogP contribution in [0.15, 0.2) is 17.1 Å². The van der Waals surface area contributed by atoms with Crippen LogP contribution in [-0.2, 0) is 13.8 Å². The summed E-state index contributed by atoms with van der Waals surface area (Å²) < 4.78 is 25.4. The Morgan fingerprint density at radius 2 is 2.00 bits per heavy atom. The maximum absolute atomic E-state index is 12.2. The van der Waals surface area contributed by atoms with E-state index in [1.54, 1.807) is 4.67 Å². The lowest BCUT2D eigenvalue weighted by Gasteiger charge is -2.33. The second kappa shape index (κ2) is 12.4. The number of nitrogen functional groups attached to an aromatic ring is 1. The van der Waals surface area contributed by atoms with E-state index in [0.717, 1.165) is 17.5 Å². The zero-order valence-electron chi connectivity index (χ0n) is 16.7. The highest BCUT2D eigenvalue weighted by Gasteiger charge is 2.43. The van der Waals surface area contributed by atoms with Crippen LogP contribution in [0.3, 0.4) is 0 Å². The van der Waals surface area contributed by atoms with Crippen molar-refractivity contribution < 1.29 is 29.1 Å². The highest BCUT2D eigenvalue weighted by Crippen LogP contribution is 2.48. The van der Waals surface area contributed by atoms with Crippen molar-refractivity contribution >= 4 is 36.7 Å². The highest BCUT2D eigenvalue weighted by atomic mass is 35.5. The minimum absolute atomic E-state index is 0.0537. The van der Waals surface area contributed by atoms with Gasteiger partial charge in [0.15, 0.2) is 6.23 Å². The van der Waals surface area contributed by atoms with E-state index in [0.29, 0.717) is 31.5 Å². The van der Waals surface area contributed by atoms with Gasteiger partial charge < -0.3 is 30.3 Å². The van der Waals surface area contributed by atoms with Crippen molar-refractivity contribution in [2.24, 2.45) is 0 Å². The molecule has 1 aromatic heterocycles. The molecule has 0 aromatic carbocycles. The van der Waals surface area contributed by atoms with E-state index in [2.05, 4.69) is 10.1 Å². The number of alkyl halides is 2. The number of halogens is 2. The summed E-state index contributed by atoms with van der Waals surface area (Å²) in [5, 5.41) is 31.1. The smallest absolute Gasteiger partial charge is 0.351 e. The molecule has 0 radical (unpaired) electrons. The quantitative estimate of drug-likeness (QED) is 0.235. The molecule has 0 amide bonds. The largest absolute Gasteiger partial charge is 0.394 e. The second-order valence-corrected chi connectivity index (χ2v) is 9.65. The van der Waals surface area contributed by atoms with Gasteiger partial charge in [-0.2, -0.15) is 4.98 Å². The molecular weight excluding hydrogens is 476 g/mol. The Kier molecular flexibility index (Phi) is 10.6. The maximum Gasteiger partial charge on any atom is 0.351 e. The number of nitrogens with two attached hydrogens (primary N) is 1. The van der Waals surface area contributed by atoms with E-state index in [1.807, 2.05) is 0 Å². The first kappa shape index (κ1) is 26.5. The van der Waals surface area contributed by atoms with Crippen molar-refractivity contribution in [3.63, 3.8) is 0 Å². The monoisotopic (exact) mass is 503 g/mol. The molecule has 6 N–H and O–H groups in total. The first-order valence-corrected chi connectivity index (χ1v) is 12.3. The summed E-state index contributed by atoms with van der Waals surface area (Å²) in [6, 6.07) is 1.37. The molecule has 0 spiro atoms. The predicted octanol–water partition coefficient (Wildman–Crippen LogP) is -0.679. The van der Waals surface area contributed by atoms with E-state index in [4.69, 9.17) is 43.3 Å². The molecule has 0 bridgehead atoms. The number of hydrogen-bond donors (Lipinski definition) is 5. The van der Waals surface area contributed by atoms with E-state index in [1.165, 1.54) is 12.3 Å². The molecular formula is C16H28Cl2N5O7P. The zero-order chi connectivity index (χ0) is 23.0. The van der Waals surface area contributed by atoms with Crippen LogP contribution in [0.5, 0.6) is 0 Å². The molecule has 2 fully saturated rings. The number of aromatic nitrogens is 2. The maximum atomic E-state index is 12.2. The number of nitrogens with zero attached hydrogens (tertiary/aromatic N) is 3. The third-order valence-corrected chi connectivity index (χ3v) is 7.24. The Morgan fingerprint density at radius 3 is 2.48 bits per heavy atom. The summed E-state index contributed by atoms with van der Waals surface area (Å²) in [4.78, 5) is 15.0. The molecule has 178 valence electrons. The fourth-order valence-electron chi connectivity index (χ4n) is 3.01. The van der Waals surface area contributed by atoms with E-state index >= 15 is 0 Å². The number of hydrogen-bond acceptors (Lipinski definition) is 9. The normalized spacial score (nSPS) is 30.8. The van der Waals surface area contributed by atoms with Crippen LogP contribution in [0, 0.1) is 0 Å². The Morgan fingerprint density at radius 1 is 1.32 bits per heavy atom. The van der Waals surface area contributed by atoms with Gasteiger partial charge in [0.25, 0.3) is 0 Å². The van der Waals surface area contributed by atoms with Gasteiger partial charge in [0.2, 0.25) is 0 Å². The minimum Gasteiger partial charge on any atom is -0.394 e. The zero-order valence-corrected chi connectivity index (χ0v) is 19.1. The van der Waals surface area contributed by atoms with Crippen molar-refractivity contribution in [3.8, 4) is 0 Å². The van der Waals surface area contributed by atoms with Gasteiger partial charge in [-0.1, -0.05) is 0 Å². The minimum atomic E-state index is -2.84. The highest BCUT2D eigenvalue weighted by molar-refractivity contribution is 7.54. The molecule has 1 unspecified atom stereocenters. The Labute approximate surface area is 189 Å². The number of nitrogens with one attached hydrogen (secondary N) is 1. The molecule has 2 aliphatic rings. The fraction of sp³-hybridized carbons (Fsp3) is 0.750. The summed E-state index contributed by atoms with van der Waals surface area (Å²) in [5.41, 5.74) is 4.63. The Bertz CT molecular complexity index is 788. The van der Waals surface area contributed by atoms with Gasteiger partial charge in [-0.05, 0) is 12.5 Å². The van der Waals surface area contributed by atoms with E-state index in [9.17, 15) is 19.6 Å². The topological polar surface area (TPSA) is 172 Å². The van der Waals surface area contributed by atoms with Gasteiger partial charge in [-0.3, -0.25) is 9.13 Å². The molecule has 0 aliphatic carbocycles. The average molecular weight is 504 g/mol. The molecule has 2 aliphatic heterocycles. The van der Waals surface area contributed by atoms with Crippen LogP contribution in [-0.4, -0.2) is 92.5 Å². The van der Waals surface area contributed by atoms with Crippen molar-refractivity contribution in [2.45, 2.75) is 31.0 Å². The number of aliphatic hydroxyl groups excluding tert-OH is 3. The molecule has 0 saturated carbocycles. The molecule has 2 saturated heterocycles. The van der Waals surface area contributed by atoms with Crippen molar-refractivity contribution in [3.05, 3.63) is 22.7 Å².